The highest BCUT2D eigenvalue weighted by atomic mass is 16.4. The summed E-state index contributed by atoms with van der Waals surface area (Å²) >= 11 is 0. The van der Waals surface area contributed by atoms with E-state index in [-0.39, 0.29) is 6.42 Å². The Morgan fingerprint density at radius 1 is 1.25 bits per heavy atom. The van der Waals surface area contributed by atoms with Crippen LogP contribution in [0.3, 0.4) is 0 Å². The first kappa shape index (κ1) is 15.4. The van der Waals surface area contributed by atoms with Crippen LogP contribution in [0.1, 0.15) is 33.1 Å². The van der Waals surface area contributed by atoms with E-state index < -0.39 is 5.97 Å². The highest BCUT2D eigenvalue weighted by Crippen LogP contribution is 2.05. The van der Waals surface area contributed by atoms with E-state index >= 15 is 0 Å². The lowest BCUT2D eigenvalue weighted by Gasteiger charge is -2.28. The average Bonchev–Trinajstić information content (AvgIpc) is 2.21. The lowest BCUT2D eigenvalue weighted by Crippen LogP contribution is -2.36. The SMILES string of the molecule is CCC(C)N(CCCN(C)C)CCC(=O)O. The Morgan fingerprint density at radius 3 is 2.31 bits per heavy atom. The summed E-state index contributed by atoms with van der Waals surface area (Å²) < 4.78 is 0. The Morgan fingerprint density at radius 2 is 1.88 bits per heavy atom. The molecule has 0 aliphatic rings. The molecule has 0 aromatic heterocycles. The second-order valence-electron chi connectivity index (χ2n) is 4.59. The number of carbonyl (C=O) groups is 1. The van der Waals surface area contributed by atoms with Crippen molar-refractivity contribution in [2.75, 3.05) is 33.7 Å². The molecular weight excluding hydrogens is 204 g/mol. The Balaban J connectivity index is 3.95. The average molecular weight is 230 g/mol. The molecule has 96 valence electrons. The van der Waals surface area contributed by atoms with Crippen molar-refractivity contribution in [1.29, 1.82) is 0 Å². The zero-order valence-electron chi connectivity index (χ0n) is 11.1. The largest absolute Gasteiger partial charge is 0.481 e. The molecule has 0 aliphatic carbocycles. The van der Waals surface area contributed by atoms with Gasteiger partial charge in [0.25, 0.3) is 0 Å². The predicted molar refractivity (Wildman–Crippen MR) is 66.7 cm³/mol. The van der Waals surface area contributed by atoms with Crippen molar-refractivity contribution in [3.63, 3.8) is 0 Å². The van der Waals surface area contributed by atoms with Gasteiger partial charge in [0.15, 0.2) is 0 Å². The highest BCUT2D eigenvalue weighted by molar-refractivity contribution is 5.66. The van der Waals surface area contributed by atoms with Gasteiger partial charge in [-0.15, -0.1) is 0 Å². The fourth-order valence-electron chi connectivity index (χ4n) is 1.64. The smallest absolute Gasteiger partial charge is 0.304 e. The summed E-state index contributed by atoms with van der Waals surface area (Å²) in [5, 5.41) is 8.70. The van der Waals surface area contributed by atoms with Crippen molar-refractivity contribution in [1.82, 2.24) is 9.80 Å². The van der Waals surface area contributed by atoms with Crippen molar-refractivity contribution < 1.29 is 9.90 Å². The molecule has 0 aromatic carbocycles. The molecule has 0 aromatic rings. The van der Waals surface area contributed by atoms with Crippen LogP contribution in [-0.2, 0) is 4.79 Å². The van der Waals surface area contributed by atoms with Crippen molar-refractivity contribution in [2.24, 2.45) is 0 Å². The van der Waals surface area contributed by atoms with Crippen LogP contribution in [0.5, 0.6) is 0 Å². The van der Waals surface area contributed by atoms with Gasteiger partial charge in [-0.2, -0.15) is 0 Å². The second kappa shape index (κ2) is 8.53. The van der Waals surface area contributed by atoms with Crippen LogP contribution in [0, 0.1) is 0 Å². The van der Waals surface area contributed by atoms with Gasteiger partial charge in [-0.3, -0.25) is 4.79 Å². The predicted octanol–water partition coefficient (Wildman–Crippen LogP) is 1.51. The van der Waals surface area contributed by atoms with Crippen LogP contribution in [0.25, 0.3) is 0 Å². The van der Waals surface area contributed by atoms with Gasteiger partial charge in [-0.25, -0.2) is 0 Å². The van der Waals surface area contributed by atoms with Gasteiger partial charge in [0.05, 0.1) is 6.42 Å². The zero-order chi connectivity index (χ0) is 12.6. The molecule has 0 rings (SSSR count). The molecule has 4 heteroatoms. The van der Waals surface area contributed by atoms with Gasteiger partial charge in [-0.05, 0) is 47.0 Å². The molecule has 1 N–H and O–H groups in total. The maximum absolute atomic E-state index is 10.6. The van der Waals surface area contributed by atoms with Crippen molar-refractivity contribution in [3.05, 3.63) is 0 Å². The third-order valence-electron chi connectivity index (χ3n) is 2.88. The summed E-state index contributed by atoms with van der Waals surface area (Å²) in [4.78, 5) is 15.0. The number of aliphatic carboxylic acids is 1. The number of hydrogen-bond donors (Lipinski definition) is 1. The summed E-state index contributed by atoms with van der Waals surface area (Å²) in [6, 6.07) is 0.474. The van der Waals surface area contributed by atoms with Gasteiger partial charge < -0.3 is 14.9 Å². The van der Waals surface area contributed by atoms with Gasteiger partial charge in [0, 0.05) is 12.6 Å². The molecule has 0 amide bonds. The van der Waals surface area contributed by atoms with Crippen LogP contribution >= 0.6 is 0 Å². The number of rotatable bonds is 9. The molecule has 0 radical (unpaired) electrons. The van der Waals surface area contributed by atoms with Gasteiger partial charge >= 0.3 is 5.97 Å². The number of carboxylic acids is 1. The van der Waals surface area contributed by atoms with Crippen LogP contribution in [0.2, 0.25) is 0 Å². The fraction of sp³-hybridized carbons (Fsp3) is 0.917. The molecular formula is C12H26N2O2. The van der Waals surface area contributed by atoms with Crippen LogP contribution in [-0.4, -0.2) is 60.6 Å². The summed E-state index contributed by atoms with van der Waals surface area (Å²) in [6.07, 6.45) is 2.41. The number of carboxylic acid groups (broad SMARTS) is 1. The van der Waals surface area contributed by atoms with E-state index in [1.165, 1.54) is 0 Å². The van der Waals surface area contributed by atoms with E-state index in [4.69, 9.17) is 5.11 Å². The van der Waals surface area contributed by atoms with E-state index in [1.807, 2.05) is 0 Å². The molecule has 0 aliphatic heterocycles. The summed E-state index contributed by atoms with van der Waals surface area (Å²) in [5.74, 6) is -0.707. The summed E-state index contributed by atoms with van der Waals surface area (Å²) in [6.45, 7) is 7.01. The molecule has 1 atom stereocenters. The van der Waals surface area contributed by atoms with Gasteiger partial charge in [-0.1, -0.05) is 6.92 Å². The third-order valence-corrected chi connectivity index (χ3v) is 2.88. The Hall–Kier alpha value is -0.610. The number of nitrogens with zero attached hydrogens (tertiary/aromatic N) is 2. The normalized spacial score (nSPS) is 13.4. The minimum atomic E-state index is -0.707. The van der Waals surface area contributed by atoms with E-state index in [2.05, 4.69) is 37.7 Å². The monoisotopic (exact) mass is 230 g/mol. The van der Waals surface area contributed by atoms with Gasteiger partial charge in [0.1, 0.15) is 0 Å². The molecule has 0 spiro atoms. The van der Waals surface area contributed by atoms with E-state index in [0.717, 1.165) is 25.9 Å². The quantitative estimate of drug-likeness (QED) is 0.652. The van der Waals surface area contributed by atoms with Crippen LogP contribution < -0.4 is 0 Å². The molecule has 1 unspecified atom stereocenters. The Labute approximate surface area is 99.2 Å². The molecule has 0 saturated carbocycles. The maximum Gasteiger partial charge on any atom is 0.304 e. The molecule has 0 bridgehead atoms. The Kier molecular flexibility index (Phi) is 8.21. The summed E-state index contributed by atoms with van der Waals surface area (Å²) in [5.41, 5.74) is 0. The standard InChI is InChI=1S/C12H26N2O2/c1-5-11(2)14(10-7-12(15)16)9-6-8-13(3)4/h11H,5-10H2,1-4H3,(H,15,16). The molecule has 0 heterocycles. The first-order chi connectivity index (χ1) is 7.47. The number of hydrogen-bond acceptors (Lipinski definition) is 3. The minimum absolute atomic E-state index is 0.242. The first-order valence-electron chi connectivity index (χ1n) is 6.08. The maximum atomic E-state index is 10.6. The van der Waals surface area contributed by atoms with Gasteiger partial charge in [0.2, 0.25) is 0 Å². The van der Waals surface area contributed by atoms with E-state index in [9.17, 15) is 4.79 Å². The minimum Gasteiger partial charge on any atom is -0.481 e. The molecule has 4 nitrogen and oxygen atoms in total. The van der Waals surface area contributed by atoms with Crippen LogP contribution in [0.15, 0.2) is 0 Å². The molecule has 0 fully saturated rings. The summed E-state index contributed by atoms with van der Waals surface area (Å²) in [7, 11) is 4.12. The van der Waals surface area contributed by atoms with Crippen LogP contribution in [0.4, 0.5) is 0 Å². The zero-order valence-corrected chi connectivity index (χ0v) is 11.1. The fourth-order valence-corrected chi connectivity index (χ4v) is 1.64. The second-order valence-corrected chi connectivity index (χ2v) is 4.59. The first-order valence-corrected chi connectivity index (χ1v) is 6.08. The third kappa shape index (κ3) is 7.65. The Bertz CT molecular complexity index is 195. The lowest BCUT2D eigenvalue weighted by molar-refractivity contribution is -0.137. The van der Waals surface area contributed by atoms with Crippen molar-refractivity contribution in [3.8, 4) is 0 Å². The van der Waals surface area contributed by atoms with Crippen molar-refractivity contribution in [2.45, 2.75) is 39.2 Å². The topological polar surface area (TPSA) is 43.8 Å². The van der Waals surface area contributed by atoms with Crippen molar-refractivity contribution >= 4 is 5.97 Å². The highest BCUT2D eigenvalue weighted by Gasteiger charge is 2.12. The molecule has 0 saturated heterocycles. The van der Waals surface area contributed by atoms with E-state index in [1.54, 1.807) is 0 Å². The van der Waals surface area contributed by atoms with E-state index in [0.29, 0.717) is 12.6 Å². The molecule has 16 heavy (non-hydrogen) atoms. The lowest BCUT2D eigenvalue weighted by atomic mass is 10.2.